The maximum atomic E-state index is 14.5. The molecule has 1 aromatic heterocycles. The Balaban J connectivity index is 1.42. The minimum absolute atomic E-state index is 0.0698. The van der Waals surface area contributed by atoms with Crippen molar-refractivity contribution in [2.45, 2.75) is 109 Å². The van der Waals surface area contributed by atoms with Crippen molar-refractivity contribution in [3.05, 3.63) is 86.7 Å². The average molecular weight is 826 g/mol. The number of urea groups is 1. The fourth-order valence-electron chi connectivity index (χ4n) is 7.32. The third-order valence-corrected chi connectivity index (χ3v) is 12.8. The summed E-state index contributed by atoms with van der Waals surface area (Å²) in [5.74, 6) is -0.759. The predicted molar refractivity (Wildman–Crippen MR) is 217 cm³/mol. The summed E-state index contributed by atoms with van der Waals surface area (Å²) >= 11 is 1.51. The quantitative estimate of drug-likeness (QED) is 0.174. The molecule has 310 valence electrons. The number of nitrogens with zero attached hydrogens (tertiary/aromatic N) is 6. The van der Waals surface area contributed by atoms with Crippen LogP contribution in [0.5, 0.6) is 0 Å². The van der Waals surface area contributed by atoms with Gasteiger partial charge in [-0.1, -0.05) is 61.5 Å². The first kappa shape index (κ1) is 43.7. The number of nitrogens with one attached hydrogen (secondary N) is 1. The van der Waals surface area contributed by atoms with Crippen LogP contribution in [0.25, 0.3) is 0 Å². The van der Waals surface area contributed by atoms with Gasteiger partial charge in [0.1, 0.15) is 18.2 Å². The van der Waals surface area contributed by atoms with Crippen LogP contribution in [0, 0.1) is 17.7 Å². The molecule has 0 aliphatic carbocycles. The highest BCUT2D eigenvalue weighted by atomic mass is 32.2. The molecule has 0 spiro atoms. The van der Waals surface area contributed by atoms with Crippen LogP contribution in [0.1, 0.15) is 69.3 Å². The van der Waals surface area contributed by atoms with Gasteiger partial charge in [-0.3, -0.25) is 4.79 Å². The van der Waals surface area contributed by atoms with Gasteiger partial charge >= 0.3 is 12.1 Å². The lowest BCUT2D eigenvalue weighted by molar-refractivity contribution is -0.128. The van der Waals surface area contributed by atoms with Crippen molar-refractivity contribution in [3.63, 3.8) is 0 Å². The van der Waals surface area contributed by atoms with Crippen LogP contribution in [0.3, 0.4) is 0 Å². The number of aliphatic hydroxyl groups is 1. The number of aromatic nitrogens is 1. The number of ether oxygens (including phenoxy) is 1. The number of likely N-dealkylation sites (tertiary alicyclic amines) is 1. The topological polar surface area (TPSA) is 182 Å². The summed E-state index contributed by atoms with van der Waals surface area (Å²) in [4.78, 5) is 61.3. The molecule has 3 heterocycles. The number of amides is 4. The summed E-state index contributed by atoms with van der Waals surface area (Å²) in [6.07, 6.45) is -0.678. The zero-order chi connectivity index (χ0) is 41.5. The fraction of sp³-hybridized carbons (Fsp3) is 0.550. The minimum atomic E-state index is -4.30. The molecular formula is C40H55N7O8S2. The van der Waals surface area contributed by atoms with Crippen molar-refractivity contribution in [2.75, 3.05) is 32.7 Å². The molecule has 2 aromatic carbocycles. The first-order valence-electron chi connectivity index (χ1n) is 19.3. The van der Waals surface area contributed by atoms with Gasteiger partial charge < -0.3 is 29.9 Å². The first-order valence-corrected chi connectivity index (χ1v) is 21.7. The molecule has 15 nitrogen and oxygen atoms in total. The molecule has 17 heteroatoms. The van der Waals surface area contributed by atoms with Crippen molar-refractivity contribution in [1.29, 1.82) is 0 Å². The second-order valence-electron chi connectivity index (χ2n) is 16.0. The van der Waals surface area contributed by atoms with Gasteiger partial charge in [-0.25, -0.2) is 23.0 Å². The van der Waals surface area contributed by atoms with E-state index in [1.807, 2.05) is 56.5 Å². The average Bonchev–Trinajstić information content (AvgIpc) is 3.88. The molecule has 0 bridgehead atoms. The Morgan fingerprint density at radius 2 is 1.77 bits per heavy atom. The van der Waals surface area contributed by atoms with E-state index in [-0.39, 0.29) is 36.4 Å². The molecule has 2 aliphatic rings. The molecule has 2 fully saturated rings. The number of carbonyl (C=O) groups excluding carboxylic acids is 3. The van der Waals surface area contributed by atoms with Crippen molar-refractivity contribution in [3.8, 4) is 0 Å². The van der Waals surface area contributed by atoms with Crippen molar-refractivity contribution in [1.82, 2.24) is 29.3 Å². The fourth-order valence-corrected chi connectivity index (χ4v) is 9.42. The zero-order valence-electron chi connectivity index (χ0n) is 33.5. The summed E-state index contributed by atoms with van der Waals surface area (Å²) in [6.45, 7) is 11.7. The largest absolute Gasteiger partial charge is 0.444 e. The monoisotopic (exact) mass is 825 g/mol. The molecule has 4 amide bonds. The van der Waals surface area contributed by atoms with E-state index in [4.69, 9.17) is 4.74 Å². The van der Waals surface area contributed by atoms with E-state index in [1.165, 1.54) is 40.5 Å². The van der Waals surface area contributed by atoms with Gasteiger partial charge in [0.2, 0.25) is 15.9 Å². The van der Waals surface area contributed by atoms with E-state index in [0.29, 0.717) is 44.6 Å². The molecule has 2 saturated heterocycles. The van der Waals surface area contributed by atoms with Crippen LogP contribution in [0.15, 0.2) is 70.0 Å². The molecule has 57 heavy (non-hydrogen) atoms. The highest BCUT2D eigenvalue weighted by Crippen LogP contribution is 2.27. The zero-order valence-corrected chi connectivity index (χ0v) is 35.2. The third kappa shape index (κ3) is 11.4. The number of hydrogen-bond acceptors (Lipinski definition) is 11. The summed E-state index contributed by atoms with van der Waals surface area (Å²) in [7, 11) is -4.30. The van der Waals surface area contributed by atoms with Crippen LogP contribution < -0.4 is 5.32 Å². The molecule has 0 radical (unpaired) electrons. The second kappa shape index (κ2) is 18.9. The van der Waals surface area contributed by atoms with Crippen molar-refractivity contribution < 1.29 is 32.6 Å². The highest BCUT2D eigenvalue weighted by molar-refractivity contribution is 7.89. The molecule has 2 aliphatic heterocycles. The summed E-state index contributed by atoms with van der Waals surface area (Å²) in [5.41, 5.74) is 1.35. The molecular weight excluding hydrogens is 771 g/mol. The van der Waals surface area contributed by atoms with Crippen LogP contribution in [-0.2, 0) is 39.1 Å². The standard InChI is InChI=1S/C40H55N7O8S2/c1-27(2)36(47-20-19-44(38(47)50)23-31-26-56-28(3)42-31)37(49)43-34(21-29-11-8-7-9-12-29)35(48)25-45(57(53,54)33-16-14-30(15-17-33)22-41-52)24-32-13-10-18-46(32)39(51)55-40(4,5)6/h7-9,11-12,14-17,26-27,32,34-36,48H,10,13,18-25H2,1-6H3,(H,43,49)/t32?,34-,35+,36-/m0/s1. The first-order chi connectivity index (χ1) is 27.0. The van der Waals surface area contributed by atoms with Crippen LogP contribution in [0.4, 0.5) is 9.59 Å². The molecule has 4 atom stereocenters. The molecule has 2 N–H and O–H groups in total. The number of hydrogen-bond donors (Lipinski definition) is 2. The number of benzene rings is 2. The van der Waals surface area contributed by atoms with E-state index >= 15 is 0 Å². The number of aliphatic hydroxyl groups excluding tert-OH is 1. The second-order valence-corrected chi connectivity index (χ2v) is 19.0. The molecule has 3 aromatic rings. The molecule has 5 rings (SSSR count). The molecule has 0 saturated carbocycles. The van der Waals surface area contributed by atoms with Gasteiger partial charge in [0.05, 0.1) is 34.3 Å². The lowest BCUT2D eigenvalue weighted by atomic mass is 9.97. The van der Waals surface area contributed by atoms with Gasteiger partial charge in [-0.15, -0.1) is 11.3 Å². The van der Waals surface area contributed by atoms with E-state index in [2.05, 4.69) is 15.5 Å². The van der Waals surface area contributed by atoms with Gasteiger partial charge in [-0.2, -0.15) is 9.21 Å². The van der Waals surface area contributed by atoms with Gasteiger partial charge in [-0.05, 0) is 76.1 Å². The van der Waals surface area contributed by atoms with Gasteiger partial charge in [0.25, 0.3) is 0 Å². The van der Waals surface area contributed by atoms with E-state index < -0.39 is 58.4 Å². The van der Waals surface area contributed by atoms with Gasteiger partial charge in [0, 0.05) is 44.1 Å². The summed E-state index contributed by atoms with van der Waals surface area (Å²) in [6, 6.07) is 12.3. The molecule has 1 unspecified atom stereocenters. The maximum absolute atomic E-state index is 14.5. The Kier molecular flexibility index (Phi) is 14.5. The maximum Gasteiger partial charge on any atom is 0.410 e. The van der Waals surface area contributed by atoms with Crippen LogP contribution >= 0.6 is 11.3 Å². The summed E-state index contributed by atoms with van der Waals surface area (Å²) in [5, 5.41) is 20.8. The lowest BCUT2D eigenvalue weighted by Gasteiger charge is -2.35. The highest BCUT2D eigenvalue weighted by Gasteiger charge is 2.42. The Labute approximate surface area is 339 Å². The Morgan fingerprint density at radius 1 is 1.07 bits per heavy atom. The third-order valence-electron chi connectivity index (χ3n) is 10.1. The number of nitroso groups, excluding NO2 is 1. The summed E-state index contributed by atoms with van der Waals surface area (Å²) < 4.78 is 35.7. The minimum Gasteiger partial charge on any atom is -0.444 e. The van der Waals surface area contributed by atoms with E-state index in [9.17, 15) is 32.8 Å². The predicted octanol–water partition coefficient (Wildman–Crippen LogP) is 5.16. The number of thiazole rings is 1. The number of carbonyl (C=O) groups is 3. The van der Waals surface area contributed by atoms with Crippen LogP contribution in [0.2, 0.25) is 0 Å². The van der Waals surface area contributed by atoms with Gasteiger partial charge in [0.15, 0.2) is 0 Å². The van der Waals surface area contributed by atoms with E-state index in [1.54, 1.807) is 30.6 Å². The number of sulfonamides is 1. The SMILES string of the molecule is Cc1nc(CN2CCN([C@H](C(=O)N[C@@H](Cc3ccccc3)[C@H](O)CN(CC3CCCN3C(=O)OC(C)(C)C)S(=O)(=O)c3ccc(CN=O)cc3)C(C)C)C2=O)cs1. The smallest absolute Gasteiger partial charge is 0.410 e. The van der Waals surface area contributed by atoms with E-state index in [0.717, 1.165) is 20.6 Å². The Hall–Kier alpha value is -4.45. The van der Waals surface area contributed by atoms with Crippen molar-refractivity contribution >= 4 is 39.4 Å². The number of aryl methyl sites for hydroxylation is 1. The Bertz CT molecular complexity index is 1950. The lowest BCUT2D eigenvalue weighted by Crippen LogP contribution is -2.58. The number of rotatable bonds is 17. The van der Waals surface area contributed by atoms with Crippen molar-refractivity contribution in [2.24, 2.45) is 11.1 Å². The van der Waals surface area contributed by atoms with Crippen LogP contribution in [-0.4, -0.2) is 118 Å². The Morgan fingerprint density at radius 3 is 2.39 bits per heavy atom. The normalized spacial score (nSPS) is 17.9.